The Morgan fingerprint density at radius 2 is 1.81 bits per heavy atom. The highest BCUT2D eigenvalue weighted by atomic mass is 127. The van der Waals surface area contributed by atoms with Crippen LogP contribution in [0.25, 0.3) is 17.1 Å². The number of anilines is 1. The van der Waals surface area contributed by atoms with Crippen LogP contribution in [0, 0.1) is 10.5 Å². The van der Waals surface area contributed by atoms with E-state index in [0.29, 0.717) is 11.0 Å². The number of ether oxygens (including phenoxy) is 1. The van der Waals surface area contributed by atoms with Gasteiger partial charge in [-0.25, -0.2) is 0 Å². The van der Waals surface area contributed by atoms with Crippen LogP contribution < -0.4 is 10.1 Å². The number of aromatic nitrogens is 3. The molecule has 4 rings (SSSR count). The molecule has 0 spiro atoms. The minimum absolute atomic E-state index is 0.0899. The van der Waals surface area contributed by atoms with E-state index in [-0.39, 0.29) is 11.7 Å². The minimum Gasteiger partial charge on any atom is -0.497 e. The summed E-state index contributed by atoms with van der Waals surface area (Å²) in [5, 5.41) is 12.4. The first-order valence-electron chi connectivity index (χ1n) is 9.89. The molecule has 0 atom stereocenters. The molecule has 1 amide bonds. The van der Waals surface area contributed by atoms with Crippen LogP contribution in [0.15, 0.2) is 78.0 Å². The molecule has 162 valence electrons. The predicted molar refractivity (Wildman–Crippen MR) is 137 cm³/mol. The minimum atomic E-state index is -0.0899. The maximum atomic E-state index is 12.6. The van der Waals surface area contributed by atoms with Crippen molar-refractivity contribution in [2.75, 3.05) is 18.2 Å². The molecule has 0 bridgehead atoms. The Kier molecular flexibility index (Phi) is 7.11. The van der Waals surface area contributed by atoms with Crippen molar-refractivity contribution >= 4 is 45.9 Å². The molecular formula is C24H21IN4O2S. The quantitative estimate of drug-likeness (QED) is 0.238. The van der Waals surface area contributed by atoms with E-state index < -0.39 is 0 Å². The number of para-hydroxylation sites is 1. The SMILES string of the molecule is COc1ccc(-c2nnc(SCC(=O)Nc3ccc(I)cc3C)n2-c2ccccc2)cc1. The van der Waals surface area contributed by atoms with E-state index in [9.17, 15) is 4.79 Å². The van der Waals surface area contributed by atoms with Gasteiger partial charge >= 0.3 is 0 Å². The lowest BCUT2D eigenvalue weighted by atomic mass is 10.2. The standard InChI is InChI=1S/C24H21IN4O2S/c1-16-14-18(25)10-13-21(16)26-22(30)15-32-24-28-27-23(17-8-11-20(31-2)12-9-17)29(24)19-6-4-3-5-7-19/h3-14H,15H2,1-2H3,(H,26,30). The number of nitrogens with zero attached hydrogens (tertiary/aromatic N) is 3. The Bertz CT molecular complexity index is 1230. The molecule has 32 heavy (non-hydrogen) atoms. The largest absolute Gasteiger partial charge is 0.497 e. The number of aryl methyl sites for hydroxylation is 1. The lowest BCUT2D eigenvalue weighted by Crippen LogP contribution is -2.15. The van der Waals surface area contributed by atoms with Crippen LogP contribution in [-0.4, -0.2) is 33.5 Å². The molecule has 8 heteroatoms. The number of carbonyl (C=O) groups is 1. The van der Waals surface area contributed by atoms with Crippen molar-refractivity contribution in [3.8, 4) is 22.8 Å². The molecule has 0 saturated heterocycles. The average Bonchev–Trinajstić information content (AvgIpc) is 3.24. The fourth-order valence-electron chi connectivity index (χ4n) is 3.18. The van der Waals surface area contributed by atoms with Gasteiger partial charge in [-0.15, -0.1) is 10.2 Å². The summed E-state index contributed by atoms with van der Waals surface area (Å²) in [6.07, 6.45) is 0. The summed E-state index contributed by atoms with van der Waals surface area (Å²) in [6, 6.07) is 23.5. The number of carbonyl (C=O) groups excluding carboxylic acids is 1. The van der Waals surface area contributed by atoms with E-state index in [1.54, 1.807) is 7.11 Å². The van der Waals surface area contributed by atoms with Gasteiger partial charge in [-0.3, -0.25) is 9.36 Å². The molecule has 0 radical (unpaired) electrons. The lowest BCUT2D eigenvalue weighted by molar-refractivity contribution is -0.113. The topological polar surface area (TPSA) is 69.0 Å². The number of thioether (sulfide) groups is 1. The van der Waals surface area contributed by atoms with Crippen molar-refractivity contribution in [2.45, 2.75) is 12.1 Å². The van der Waals surface area contributed by atoms with Crippen molar-refractivity contribution < 1.29 is 9.53 Å². The summed E-state index contributed by atoms with van der Waals surface area (Å²) in [4.78, 5) is 12.6. The van der Waals surface area contributed by atoms with E-state index in [2.05, 4.69) is 38.1 Å². The maximum absolute atomic E-state index is 12.6. The fourth-order valence-corrected chi connectivity index (χ4v) is 4.58. The summed E-state index contributed by atoms with van der Waals surface area (Å²) < 4.78 is 8.36. The number of nitrogens with one attached hydrogen (secondary N) is 1. The first-order chi connectivity index (χ1) is 15.5. The smallest absolute Gasteiger partial charge is 0.234 e. The Hall–Kier alpha value is -2.85. The highest BCUT2D eigenvalue weighted by Crippen LogP contribution is 2.29. The zero-order valence-corrected chi connectivity index (χ0v) is 20.6. The molecule has 0 aliphatic carbocycles. The second-order valence-electron chi connectivity index (χ2n) is 7.00. The van der Waals surface area contributed by atoms with Crippen LogP contribution in [0.4, 0.5) is 5.69 Å². The molecule has 3 aromatic carbocycles. The third kappa shape index (κ3) is 5.13. The van der Waals surface area contributed by atoms with Gasteiger partial charge in [0.05, 0.1) is 12.9 Å². The molecule has 0 saturated carbocycles. The number of amides is 1. The molecule has 1 N–H and O–H groups in total. The van der Waals surface area contributed by atoms with Gasteiger partial charge in [0, 0.05) is 20.5 Å². The lowest BCUT2D eigenvalue weighted by Gasteiger charge is -2.11. The maximum Gasteiger partial charge on any atom is 0.234 e. The normalized spacial score (nSPS) is 10.7. The molecule has 4 aromatic rings. The number of methoxy groups -OCH3 is 1. The number of rotatable bonds is 7. The van der Waals surface area contributed by atoms with Crippen LogP contribution in [0.1, 0.15) is 5.56 Å². The third-order valence-corrected chi connectivity index (χ3v) is 6.39. The first-order valence-corrected chi connectivity index (χ1v) is 12.0. The molecule has 1 aromatic heterocycles. The van der Waals surface area contributed by atoms with E-state index in [0.717, 1.165) is 31.8 Å². The van der Waals surface area contributed by atoms with Gasteiger partial charge in [-0.05, 0) is 89.7 Å². The zero-order valence-electron chi connectivity index (χ0n) is 17.6. The summed E-state index contributed by atoms with van der Waals surface area (Å²) in [7, 11) is 1.64. The van der Waals surface area contributed by atoms with Crippen molar-refractivity contribution in [3.63, 3.8) is 0 Å². The summed E-state index contributed by atoms with van der Waals surface area (Å²) in [5.74, 6) is 1.61. The van der Waals surface area contributed by atoms with Crippen LogP contribution in [-0.2, 0) is 4.79 Å². The van der Waals surface area contributed by atoms with Gasteiger partial charge in [0.25, 0.3) is 0 Å². The van der Waals surface area contributed by atoms with Gasteiger partial charge in [-0.1, -0.05) is 30.0 Å². The molecular weight excluding hydrogens is 535 g/mol. The highest BCUT2D eigenvalue weighted by Gasteiger charge is 2.17. The van der Waals surface area contributed by atoms with E-state index in [1.807, 2.05) is 84.3 Å². The van der Waals surface area contributed by atoms with Gasteiger partial charge in [0.15, 0.2) is 11.0 Å². The molecule has 1 heterocycles. The molecule has 6 nitrogen and oxygen atoms in total. The van der Waals surface area contributed by atoms with Gasteiger partial charge in [-0.2, -0.15) is 0 Å². The van der Waals surface area contributed by atoms with Crippen molar-refractivity contribution in [2.24, 2.45) is 0 Å². The van der Waals surface area contributed by atoms with Crippen LogP contribution in [0.3, 0.4) is 0 Å². The first kappa shape index (κ1) is 22.3. The van der Waals surface area contributed by atoms with Crippen LogP contribution in [0.5, 0.6) is 5.75 Å². The molecule has 0 unspecified atom stereocenters. The number of halogens is 1. The van der Waals surface area contributed by atoms with Gasteiger partial charge < -0.3 is 10.1 Å². The summed E-state index contributed by atoms with van der Waals surface area (Å²) in [6.45, 7) is 1.98. The Morgan fingerprint density at radius 3 is 2.50 bits per heavy atom. The van der Waals surface area contributed by atoms with Gasteiger partial charge in [0.1, 0.15) is 5.75 Å². The Labute approximate surface area is 204 Å². The molecule has 0 aliphatic heterocycles. The van der Waals surface area contributed by atoms with E-state index in [4.69, 9.17) is 4.74 Å². The second kappa shape index (κ2) is 10.2. The summed E-state index contributed by atoms with van der Waals surface area (Å²) in [5.41, 5.74) is 3.69. The predicted octanol–water partition coefficient (Wildman–Crippen LogP) is 5.59. The third-order valence-electron chi connectivity index (χ3n) is 4.79. The highest BCUT2D eigenvalue weighted by molar-refractivity contribution is 14.1. The monoisotopic (exact) mass is 556 g/mol. The molecule has 0 aliphatic rings. The summed E-state index contributed by atoms with van der Waals surface area (Å²) >= 11 is 3.61. The van der Waals surface area contributed by atoms with Crippen LogP contribution in [0.2, 0.25) is 0 Å². The van der Waals surface area contributed by atoms with Crippen molar-refractivity contribution in [1.82, 2.24) is 14.8 Å². The van der Waals surface area contributed by atoms with Crippen molar-refractivity contribution in [3.05, 3.63) is 81.9 Å². The Balaban J connectivity index is 1.58. The van der Waals surface area contributed by atoms with Crippen molar-refractivity contribution in [1.29, 1.82) is 0 Å². The Morgan fingerprint density at radius 1 is 1.06 bits per heavy atom. The van der Waals surface area contributed by atoms with E-state index in [1.165, 1.54) is 11.8 Å². The molecule has 0 fully saturated rings. The number of benzene rings is 3. The number of hydrogen-bond acceptors (Lipinski definition) is 5. The number of hydrogen-bond donors (Lipinski definition) is 1. The fraction of sp³-hybridized carbons (Fsp3) is 0.125. The van der Waals surface area contributed by atoms with Crippen LogP contribution >= 0.6 is 34.4 Å². The average molecular weight is 556 g/mol. The second-order valence-corrected chi connectivity index (χ2v) is 9.19. The zero-order chi connectivity index (χ0) is 22.5. The van der Waals surface area contributed by atoms with Gasteiger partial charge in [0.2, 0.25) is 5.91 Å². The van der Waals surface area contributed by atoms with E-state index >= 15 is 0 Å².